The summed E-state index contributed by atoms with van der Waals surface area (Å²) in [5.74, 6) is 0.366. The Hall–Kier alpha value is -1.46. The van der Waals surface area contributed by atoms with Crippen molar-refractivity contribution in [3.63, 3.8) is 0 Å². The minimum absolute atomic E-state index is 0.167. The van der Waals surface area contributed by atoms with Crippen LogP contribution in [0.3, 0.4) is 0 Å². The smallest absolute Gasteiger partial charge is 0.303 e. The second-order valence-corrected chi connectivity index (χ2v) is 4.62. The summed E-state index contributed by atoms with van der Waals surface area (Å²) in [4.78, 5) is 10.4. The molecule has 0 atom stereocenters. The lowest BCUT2D eigenvalue weighted by Gasteiger charge is -2.13. The molecular formula is C14H20ClNO4. The summed E-state index contributed by atoms with van der Waals surface area (Å²) in [6.07, 6.45) is 0.761. The molecule has 0 spiro atoms. The van der Waals surface area contributed by atoms with Gasteiger partial charge in [0.15, 0.2) is 11.5 Å². The molecule has 0 saturated heterocycles. The lowest BCUT2D eigenvalue weighted by molar-refractivity contribution is -0.137. The monoisotopic (exact) mass is 301 g/mol. The van der Waals surface area contributed by atoms with Gasteiger partial charge in [-0.3, -0.25) is 4.79 Å². The number of methoxy groups -OCH3 is 1. The molecule has 0 amide bonds. The first-order chi connectivity index (χ1) is 9.58. The predicted octanol–water partition coefficient (Wildman–Crippen LogP) is 2.70. The highest BCUT2D eigenvalue weighted by molar-refractivity contribution is 6.32. The average molecular weight is 302 g/mol. The van der Waals surface area contributed by atoms with Gasteiger partial charge in [0.25, 0.3) is 0 Å². The van der Waals surface area contributed by atoms with E-state index in [4.69, 9.17) is 26.2 Å². The zero-order chi connectivity index (χ0) is 15.0. The zero-order valence-corrected chi connectivity index (χ0v) is 12.5. The number of ether oxygens (including phenoxy) is 2. The number of carbonyl (C=O) groups is 1. The van der Waals surface area contributed by atoms with Crippen LogP contribution in [0.2, 0.25) is 5.02 Å². The molecule has 0 radical (unpaired) electrons. The van der Waals surface area contributed by atoms with Gasteiger partial charge in [0.1, 0.15) is 0 Å². The van der Waals surface area contributed by atoms with E-state index in [1.54, 1.807) is 7.11 Å². The van der Waals surface area contributed by atoms with Crippen LogP contribution in [0.4, 0.5) is 0 Å². The van der Waals surface area contributed by atoms with Crippen molar-refractivity contribution >= 4 is 17.6 Å². The van der Waals surface area contributed by atoms with Crippen LogP contribution in [0.5, 0.6) is 11.5 Å². The Bertz CT molecular complexity index is 451. The summed E-state index contributed by atoms with van der Waals surface area (Å²) in [5.41, 5.74) is 0.964. The summed E-state index contributed by atoms with van der Waals surface area (Å²) in [5, 5.41) is 12.2. The first-order valence-electron chi connectivity index (χ1n) is 6.50. The van der Waals surface area contributed by atoms with E-state index in [9.17, 15) is 4.79 Å². The van der Waals surface area contributed by atoms with Gasteiger partial charge in [0.05, 0.1) is 18.7 Å². The number of carboxylic acid groups (broad SMARTS) is 1. The SMILES string of the molecule is CCOc1c(Cl)cc(CNCCCC(=O)O)cc1OC. The molecular weight excluding hydrogens is 282 g/mol. The third-order valence-corrected chi connectivity index (χ3v) is 2.93. The molecule has 6 heteroatoms. The highest BCUT2D eigenvalue weighted by Crippen LogP contribution is 2.36. The summed E-state index contributed by atoms with van der Waals surface area (Å²) < 4.78 is 10.7. The van der Waals surface area contributed by atoms with Crippen LogP contribution in [-0.2, 0) is 11.3 Å². The molecule has 0 fully saturated rings. The van der Waals surface area contributed by atoms with Gasteiger partial charge in [-0.2, -0.15) is 0 Å². The van der Waals surface area contributed by atoms with Gasteiger partial charge in [0, 0.05) is 13.0 Å². The molecule has 0 aliphatic rings. The molecule has 1 aromatic carbocycles. The van der Waals surface area contributed by atoms with Crippen molar-refractivity contribution < 1.29 is 19.4 Å². The quantitative estimate of drug-likeness (QED) is 0.686. The fourth-order valence-corrected chi connectivity index (χ4v) is 2.04. The van der Waals surface area contributed by atoms with E-state index in [0.29, 0.717) is 42.6 Å². The Morgan fingerprint density at radius 2 is 2.20 bits per heavy atom. The molecule has 0 unspecified atom stereocenters. The maximum atomic E-state index is 10.4. The zero-order valence-electron chi connectivity index (χ0n) is 11.7. The topological polar surface area (TPSA) is 67.8 Å². The van der Waals surface area contributed by atoms with Gasteiger partial charge in [-0.1, -0.05) is 11.6 Å². The van der Waals surface area contributed by atoms with E-state index >= 15 is 0 Å². The van der Waals surface area contributed by atoms with Crippen LogP contribution < -0.4 is 14.8 Å². The molecule has 0 aliphatic heterocycles. The second kappa shape index (κ2) is 8.66. The standard InChI is InChI=1S/C14H20ClNO4/c1-3-20-14-11(15)7-10(8-12(14)19-2)9-16-6-4-5-13(17)18/h7-8,16H,3-6,9H2,1-2H3,(H,17,18). The van der Waals surface area contributed by atoms with Gasteiger partial charge in [-0.15, -0.1) is 0 Å². The molecule has 5 nitrogen and oxygen atoms in total. The van der Waals surface area contributed by atoms with E-state index in [0.717, 1.165) is 5.56 Å². The highest BCUT2D eigenvalue weighted by Gasteiger charge is 2.11. The van der Waals surface area contributed by atoms with Crippen LogP contribution in [0, 0.1) is 0 Å². The van der Waals surface area contributed by atoms with Crippen molar-refractivity contribution in [1.82, 2.24) is 5.32 Å². The van der Waals surface area contributed by atoms with Gasteiger partial charge < -0.3 is 19.9 Å². The number of rotatable bonds is 9. The van der Waals surface area contributed by atoms with Crippen molar-refractivity contribution in [3.05, 3.63) is 22.7 Å². The van der Waals surface area contributed by atoms with E-state index in [1.807, 2.05) is 19.1 Å². The predicted molar refractivity (Wildman–Crippen MR) is 77.7 cm³/mol. The average Bonchev–Trinajstić information content (AvgIpc) is 2.40. The molecule has 0 saturated carbocycles. The third-order valence-electron chi connectivity index (χ3n) is 2.65. The number of benzene rings is 1. The van der Waals surface area contributed by atoms with Crippen LogP contribution in [0.1, 0.15) is 25.3 Å². The summed E-state index contributed by atoms with van der Waals surface area (Å²) in [7, 11) is 1.57. The summed E-state index contributed by atoms with van der Waals surface area (Å²) in [6, 6.07) is 3.68. The number of hydrogen-bond acceptors (Lipinski definition) is 4. The Morgan fingerprint density at radius 3 is 2.80 bits per heavy atom. The molecule has 2 N–H and O–H groups in total. The highest BCUT2D eigenvalue weighted by atomic mass is 35.5. The van der Waals surface area contributed by atoms with Crippen molar-refractivity contribution in [1.29, 1.82) is 0 Å². The molecule has 0 bridgehead atoms. The van der Waals surface area contributed by atoms with Crippen LogP contribution in [-0.4, -0.2) is 31.3 Å². The Kier molecular flexibility index (Phi) is 7.18. The number of hydrogen-bond donors (Lipinski definition) is 2. The van der Waals surface area contributed by atoms with E-state index in [1.165, 1.54) is 0 Å². The molecule has 0 aromatic heterocycles. The second-order valence-electron chi connectivity index (χ2n) is 4.22. The van der Waals surface area contributed by atoms with Gasteiger partial charge in [-0.05, 0) is 37.6 Å². The molecule has 0 heterocycles. The van der Waals surface area contributed by atoms with Crippen LogP contribution >= 0.6 is 11.6 Å². The van der Waals surface area contributed by atoms with Gasteiger partial charge in [0.2, 0.25) is 0 Å². The van der Waals surface area contributed by atoms with Crippen LogP contribution in [0.15, 0.2) is 12.1 Å². The first-order valence-corrected chi connectivity index (χ1v) is 6.88. The Balaban J connectivity index is 2.58. The number of halogens is 1. The van der Waals surface area contributed by atoms with Crippen molar-refractivity contribution in [3.8, 4) is 11.5 Å². The molecule has 1 rings (SSSR count). The van der Waals surface area contributed by atoms with Crippen molar-refractivity contribution in [2.24, 2.45) is 0 Å². The molecule has 1 aromatic rings. The lowest BCUT2D eigenvalue weighted by Crippen LogP contribution is -2.16. The molecule has 20 heavy (non-hydrogen) atoms. The molecule has 0 aliphatic carbocycles. The minimum Gasteiger partial charge on any atom is -0.493 e. The summed E-state index contributed by atoms with van der Waals surface area (Å²) >= 11 is 6.16. The van der Waals surface area contributed by atoms with E-state index in [2.05, 4.69) is 5.32 Å². The first kappa shape index (κ1) is 16.6. The molecule has 112 valence electrons. The Morgan fingerprint density at radius 1 is 1.45 bits per heavy atom. The van der Waals surface area contributed by atoms with Crippen LogP contribution in [0.25, 0.3) is 0 Å². The number of nitrogens with one attached hydrogen (secondary N) is 1. The minimum atomic E-state index is -0.780. The van der Waals surface area contributed by atoms with E-state index in [-0.39, 0.29) is 6.42 Å². The summed E-state index contributed by atoms with van der Waals surface area (Å²) in [6.45, 7) is 3.64. The maximum Gasteiger partial charge on any atom is 0.303 e. The maximum absolute atomic E-state index is 10.4. The lowest BCUT2D eigenvalue weighted by atomic mass is 10.2. The third kappa shape index (κ3) is 5.27. The Labute approximate surface area is 123 Å². The van der Waals surface area contributed by atoms with E-state index < -0.39 is 5.97 Å². The number of aliphatic carboxylic acids is 1. The largest absolute Gasteiger partial charge is 0.493 e. The fourth-order valence-electron chi connectivity index (χ4n) is 1.76. The normalized spacial score (nSPS) is 10.3. The van der Waals surface area contributed by atoms with Crippen molar-refractivity contribution in [2.45, 2.75) is 26.3 Å². The fraction of sp³-hybridized carbons (Fsp3) is 0.500. The van der Waals surface area contributed by atoms with Gasteiger partial charge >= 0.3 is 5.97 Å². The number of carboxylic acids is 1. The van der Waals surface area contributed by atoms with Gasteiger partial charge in [-0.25, -0.2) is 0 Å². The van der Waals surface area contributed by atoms with Crippen molar-refractivity contribution in [2.75, 3.05) is 20.3 Å².